The molecular weight excluding hydrogens is 430 g/mol. The summed E-state index contributed by atoms with van der Waals surface area (Å²) in [7, 11) is 1.54. The number of hydrogen-bond acceptors (Lipinski definition) is 4. The highest BCUT2D eigenvalue weighted by atomic mass is 35.5. The van der Waals surface area contributed by atoms with Gasteiger partial charge in [-0.3, -0.25) is 4.79 Å². The quantitative estimate of drug-likeness (QED) is 0.522. The molecule has 1 aliphatic heterocycles. The molecule has 30 heavy (non-hydrogen) atoms. The Kier molecular flexibility index (Phi) is 8.19. The van der Waals surface area contributed by atoms with Gasteiger partial charge in [0, 0.05) is 42.7 Å². The van der Waals surface area contributed by atoms with Crippen molar-refractivity contribution in [2.45, 2.75) is 32.4 Å². The Balaban J connectivity index is 1.55. The average Bonchev–Trinajstić information content (AvgIpc) is 3.13. The van der Waals surface area contributed by atoms with Crippen LogP contribution in [0.3, 0.4) is 0 Å². The average molecular weight is 455 g/mol. The van der Waals surface area contributed by atoms with E-state index < -0.39 is 5.82 Å². The molecular formula is C22H25Cl2FN2O3. The molecule has 0 unspecified atom stereocenters. The van der Waals surface area contributed by atoms with Crippen LogP contribution in [-0.4, -0.2) is 37.6 Å². The number of hydrogen-bond donors (Lipinski definition) is 1. The van der Waals surface area contributed by atoms with Gasteiger partial charge in [0.05, 0.1) is 12.1 Å². The highest BCUT2D eigenvalue weighted by Crippen LogP contribution is 2.34. The molecule has 0 aromatic heterocycles. The van der Waals surface area contributed by atoms with Crippen LogP contribution in [0.4, 0.5) is 4.39 Å². The summed E-state index contributed by atoms with van der Waals surface area (Å²) >= 11 is 12.5. The van der Waals surface area contributed by atoms with Crippen LogP contribution in [0.5, 0.6) is 11.5 Å². The number of likely N-dealkylation sites (tertiary alicyclic amines) is 1. The third-order valence-electron chi connectivity index (χ3n) is 5.03. The van der Waals surface area contributed by atoms with E-state index >= 15 is 0 Å². The number of carbonyl (C=O) groups excluding carboxylic acids is 1. The maximum Gasteiger partial charge on any atom is 0.222 e. The van der Waals surface area contributed by atoms with E-state index in [0.717, 1.165) is 38.0 Å². The first-order valence-corrected chi connectivity index (χ1v) is 10.7. The Hall–Kier alpha value is -2.02. The van der Waals surface area contributed by atoms with Crippen molar-refractivity contribution >= 4 is 29.1 Å². The molecule has 0 atom stereocenters. The number of amides is 1. The van der Waals surface area contributed by atoms with Crippen molar-refractivity contribution < 1.29 is 18.7 Å². The predicted molar refractivity (Wildman–Crippen MR) is 116 cm³/mol. The van der Waals surface area contributed by atoms with E-state index in [2.05, 4.69) is 5.32 Å². The topological polar surface area (TPSA) is 50.8 Å². The van der Waals surface area contributed by atoms with Crippen LogP contribution < -0.4 is 14.8 Å². The summed E-state index contributed by atoms with van der Waals surface area (Å²) in [6.45, 7) is 2.93. The highest BCUT2D eigenvalue weighted by Gasteiger charge is 2.19. The first-order chi connectivity index (χ1) is 14.5. The summed E-state index contributed by atoms with van der Waals surface area (Å²) < 4.78 is 25.1. The van der Waals surface area contributed by atoms with E-state index in [1.807, 2.05) is 4.90 Å². The van der Waals surface area contributed by atoms with E-state index in [-0.39, 0.29) is 18.1 Å². The molecule has 1 fully saturated rings. The molecule has 2 aromatic rings. The summed E-state index contributed by atoms with van der Waals surface area (Å²) in [6, 6.07) is 7.96. The lowest BCUT2D eigenvalue weighted by Crippen LogP contribution is -2.28. The van der Waals surface area contributed by atoms with Crippen LogP contribution in [-0.2, 0) is 17.9 Å². The van der Waals surface area contributed by atoms with E-state index in [9.17, 15) is 9.18 Å². The summed E-state index contributed by atoms with van der Waals surface area (Å²) in [5, 5.41) is 4.16. The van der Waals surface area contributed by atoms with Crippen molar-refractivity contribution in [2.24, 2.45) is 0 Å². The van der Waals surface area contributed by atoms with Gasteiger partial charge >= 0.3 is 0 Å². The van der Waals surface area contributed by atoms with Crippen LogP contribution >= 0.6 is 23.2 Å². The van der Waals surface area contributed by atoms with Crippen LogP contribution in [0.25, 0.3) is 0 Å². The standard InChI is InChI=1S/C22H25Cl2FN2O3/c1-29-20-11-15(13-26-8-4-10-27-9-3-7-22(27)28)18(24)12-21(20)30-14-16-17(23)5-2-6-19(16)25/h2,5-6,11-12,26H,3-4,7-10,13-14H2,1H3. The zero-order chi connectivity index (χ0) is 21.5. The first-order valence-electron chi connectivity index (χ1n) is 9.90. The maximum absolute atomic E-state index is 13.9. The normalized spacial score (nSPS) is 13.7. The molecule has 0 bridgehead atoms. The molecule has 3 rings (SSSR count). The molecule has 2 aromatic carbocycles. The van der Waals surface area contributed by atoms with Crippen molar-refractivity contribution in [3.8, 4) is 11.5 Å². The summed E-state index contributed by atoms with van der Waals surface area (Å²) in [5.41, 5.74) is 1.14. The molecule has 1 N–H and O–H groups in total. The predicted octanol–water partition coefficient (Wildman–Crippen LogP) is 4.82. The SMILES string of the molecule is COc1cc(CNCCCN2CCCC2=O)c(Cl)cc1OCc1c(F)cccc1Cl. The molecule has 1 amide bonds. The van der Waals surface area contributed by atoms with Crippen LogP contribution in [0.2, 0.25) is 10.0 Å². The molecule has 0 spiro atoms. The van der Waals surface area contributed by atoms with Gasteiger partial charge in [-0.25, -0.2) is 4.39 Å². The van der Waals surface area contributed by atoms with Crippen LogP contribution in [0.1, 0.15) is 30.4 Å². The van der Waals surface area contributed by atoms with Gasteiger partial charge in [-0.2, -0.15) is 0 Å². The summed E-state index contributed by atoms with van der Waals surface area (Å²) in [5.74, 6) is 0.739. The smallest absolute Gasteiger partial charge is 0.222 e. The highest BCUT2D eigenvalue weighted by molar-refractivity contribution is 6.31. The van der Waals surface area contributed by atoms with Crippen molar-refractivity contribution in [2.75, 3.05) is 26.7 Å². The minimum Gasteiger partial charge on any atom is -0.493 e. The Bertz CT molecular complexity index is 875. The first kappa shape index (κ1) is 22.7. The minimum absolute atomic E-state index is 0.0367. The third kappa shape index (κ3) is 5.78. The molecule has 0 saturated carbocycles. The second kappa shape index (κ2) is 10.8. The number of benzene rings is 2. The van der Waals surface area contributed by atoms with E-state index in [0.29, 0.717) is 34.5 Å². The number of ether oxygens (including phenoxy) is 2. The van der Waals surface area contributed by atoms with Gasteiger partial charge in [0.15, 0.2) is 11.5 Å². The zero-order valence-electron chi connectivity index (χ0n) is 16.8. The Morgan fingerprint density at radius 3 is 2.73 bits per heavy atom. The number of rotatable bonds is 10. The van der Waals surface area contributed by atoms with Gasteiger partial charge in [0.25, 0.3) is 0 Å². The van der Waals surface area contributed by atoms with Crippen molar-refractivity contribution in [3.63, 3.8) is 0 Å². The molecule has 5 nitrogen and oxygen atoms in total. The van der Waals surface area contributed by atoms with Crippen LogP contribution in [0, 0.1) is 5.82 Å². The lowest BCUT2D eigenvalue weighted by molar-refractivity contribution is -0.127. The minimum atomic E-state index is -0.427. The zero-order valence-corrected chi connectivity index (χ0v) is 18.4. The fraction of sp³-hybridized carbons (Fsp3) is 0.409. The number of methoxy groups -OCH3 is 1. The summed E-state index contributed by atoms with van der Waals surface area (Å²) in [4.78, 5) is 13.5. The maximum atomic E-state index is 13.9. The van der Waals surface area contributed by atoms with Crippen molar-refractivity contribution in [3.05, 3.63) is 57.3 Å². The molecule has 0 aliphatic carbocycles. The summed E-state index contributed by atoms with van der Waals surface area (Å²) in [6.07, 6.45) is 2.50. The molecule has 0 radical (unpaired) electrons. The monoisotopic (exact) mass is 454 g/mol. The van der Waals surface area contributed by atoms with E-state index in [1.165, 1.54) is 13.2 Å². The molecule has 1 saturated heterocycles. The lowest BCUT2D eigenvalue weighted by Gasteiger charge is -2.16. The second-order valence-corrected chi connectivity index (χ2v) is 7.91. The number of nitrogens with zero attached hydrogens (tertiary/aromatic N) is 1. The molecule has 1 heterocycles. The van der Waals surface area contributed by atoms with Gasteiger partial charge in [0.1, 0.15) is 12.4 Å². The van der Waals surface area contributed by atoms with E-state index in [4.69, 9.17) is 32.7 Å². The lowest BCUT2D eigenvalue weighted by atomic mass is 10.2. The molecule has 1 aliphatic rings. The van der Waals surface area contributed by atoms with Gasteiger partial charge < -0.3 is 19.7 Å². The second-order valence-electron chi connectivity index (χ2n) is 7.10. The van der Waals surface area contributed by atoms with Gasteiger partial charge in [-0.1, -0.05) is 29.3 Å². The largest absolute Gasteiger partial charge is 0.493 e. The fourth-order valence-corrected chi connectivity index (χ4v) is 3.80. The van der Waals surface area contributed by atoms with Gasteiger partial charge in [-0.05, 0) is 43.1 Å². The molecule has 8 heteroatoms. The Morgan fingerprint density at radius 2 is 2.03 bits per heavy atom. The Morgan fingerprint density at radius 1 is 1.20 bits per heavy atom. The Labute approximate surface area is 186 Å². The van der Waals surface area contributed by atoms with E-state index in [1.54, 1.807) is 24.3 Å². The number of nitrogens with one attached hydrogen (secondary N) is 1. The van der Waals surface area contributed by atoms with Crippen LogP contribution in [0.15, 0.2) is 30.3 Å². The van der Waals surface area contributed by atoms with Crippen molar-refractivity contribution in [1.82, 2.24) is 10.2 Å². The van der Waals surface area contributed by atoms with Crippen molar-refractivity contribution in [1.29, 1.82) is 0 Å². The third-order valence-corrected chi connectivity index (χ3v) is 5.74. The molecule has 162 valence electrons. The van der Waals surface area contributed by atoms with Gasteiger partial charge in [-0.15, -0.1) is 0 Å². The number of halogens is 3. The fourth-order valence-electron chi connectivity index (χ4n) is 3.36. The van der Waals surface area contributed by atoms with Gasteiger partial charge in [0.2, 0.25) is 5.91 Å². The number of carbonyl (C=O) groups is 1.